The van der Waals surface area contributed by atoms with E-state index in [0.29, 0.717) is 19.2 Å². The molecule has 0 aliphatic heterocycles. The van der Waals surface area contributed by atoms with Crippen molar-refractivity contribution in [2.75, 3.05) is 13.2 Å². The van der Waals surface area contributed by atoms with Crippen LogP contribution >= 0.6 is 12.4 Å². The van der Waals surface area contributed by atoms with E-state index in [0.717, 1.165) is 25.0 Å². The number of nitrogens with one attached hydrogen (secondary N) is 1. The first-order valence-electron chi connectivity index (χ1n) is 8.98. The summed E-state index contributed by atoms with van der Waals surface area (Å²) in [6, 6.07) is 17.0. The van der Waals surface area contributed by atoms with E-state index in [2.05, 4.69) is 42.6 Å². The third kappa shape index (κ3) is 5.21. The van der Waals surface area contributed by atoms with E-state index in [4.69, 9.17) is 4.74 Å². The van der Waals surface area contributed by atoms with Crippen molar-refractivity contribution < 1.29 is 9.84 Å². The zero-order chi connectivity index (χ0) is 16.8. The van der Waals surface area contributed by atoms with Gasteiger partial charge >= 0.3 is 0 Å². The number of aliphatic hydroxyl groups is 1. The number of fused-ring (bicyclic) bond motifs is 1. The third-order valence-corrected chi connectivity index (χ3v) is 4.75. The fourth-order valence-corrected chi connectivity index (χ4v) is 3.43. The molecule has 2 aromatic carbocycles. The van der Waals surface area contributed by atoms with Crippen molar-refractivity contribution in [1.82, 2.24) is 5.32 Å². The molecule has 136 valence electrons. The number of rotatable bonds is 7. The Morgan fingerprint density at radius 1 is 1.16 bits per heavy atom. The molecule has 1 aliphatic carbocycles. The van der Waals surface area contributed by atoms with Crippen molar-refractivity contribution in [3.05, 3.63) is 65.2 Å². The molecular weight excluding hydrogens is 334 g/mol. The van der Waals surface area contributed by atoms with E-state index in [1.54, 1.807) is 0 Å². The molecule has 0 amide bonds. The maximum atomic E-state index is 10.3. The van der Waals surface area contributed by atoms with Crippen LogP contribution in [0, 0.1) is 0 Å². The van der Waals surface area contributed by atoms with E-state index < -0.39 is 6.10 Å². The highest BCUT2D eigenvalue weighted by atomic mass is 35.5. The smallest absolute Gasteiger partial charge is 0.122 e. The molecule has 2 atom stereocenters. The summed E-state index contributed by atoms with van der Waals surface area (Å²) in [7, 11) is 0. The molecule has 3 nitrogen and oxygen atoms in total. The Labute approximate surface area is 156 Å². The van der Waals surface area contributed by atoms with Crippen molar-refractivity contribution in [3.8, 4) is 5.75 Å². The summed E-state index contributed by atoms with van der Waals surface area (Å²) >= 11 is 0. The van der Waals surface area contributed by atoms with E-state index in [9.17, 15) is 5.11 Å². The predicted octanol–water partition coefficient (Wildman–Crippen LogP) is 4.08. The number of halogens is 1. The number of ether oxygens (including phenoxy) is 1. The fourth-order valence-electron chi connectivity index (χ4n) is 3.43. The molecule has 2 N–H and O–H groups in total. The minimum atomic E-state index is -0.510. The van der Waals surface area contributed by atoms with Gasteiger partial charge in [-0.05, 0) is 48.4 Å². The maximum absolute atomic E-state index is 10.3. The van der Waals surface area contributed by atoms with Crippen molar-refractivity contribution in [2.24, 2.45) is 0 Å². The SMILES string of the molecule is CCc1ccccc1OC[C@@H](O)CNC1CCCc2ccccc21.Cl. The minimum Gasteiger partial charge on any atom is -0.491 e. The zero-order valence-corrected chi connectivity index (χ0v) is 15.6. The molecule has 0 fully saturated rings. The highest BCUT2D eigenvalue weighted by Crippen LogP contribution is 2.29. The molecule has 1 aliphatic rings. The number of aliphatic hydroxyl groups excluding tert-OH is 1. The summed E-state index contributed by atoms with van der Waals surface area (Å²) in [5.74, 6) is 0.877. The fraction of sp³-hybridized carbons (Fsp3) is 0.429. The summed E-state index contributed by atoms with van der Waals surface area (Å²) in [4.78, 5) is 0. The Balaban J connectivity index is 0.00000225. The van der Waals surface area contributed by atoms with Crippen LogP contribution in [0.25, 0.3) is 0 Å². The Morgan fingerprint density at radius 2 is 1.92 bits per heavy atom. The van der Waals surface area contributed by atoms with Crippen LogP contribution in [-0.4, -0.2) is 24.4 Å². The van der Waals surface area contributed by atoms with Crippen molar-refractivity contribution >= 4 is 12.4 Å². The Kier molecular flexibility index (Phi) is 7.76. The molecule has 4 heteroatoms. The van der Waals surface area contributed by atoms with Gasteiger partial charge in [0.25, 0.3) is 0 Å². The summed E-state index contributed by atoms with van der Waals surface area (Å²) < 4.78 is 5.81. The van der Waals surface area contributed by atoms with Gasteiger partial charge in [-0.1, -0.05) is 49.4 Å². The molecule has 0 spiro atoms. The first-order valence-corrected chi connectivity index (χ1v) is 8.98. The summed E-state index contributed by atoms with van der Waals surface area (Å²) in [5.41, 5.74) is 4.00. The molecule has 0 bridgehead atoms. The van der Waals surface area contributed by atoms with Gasteiger partial charge in [-0.15, -0.1) is 12.4 Å². The molecule has 0 saturated heterocycles. The van der Waals surface area contributed by atoms with Crippen LogP contribution in [-0.2, 0) is 12.8 Å². The van der Waals surface area contributed by atoms with Crippen LogP contribution in [0.5, 0.6) is 5.75 Å². The predicted molar refractivity (Wildman–Crippen MR) is 105 cm³/mol. The lowest BCUT2D eigenvalue weighted by Gasteiger charge is -2.27. The van der Waals surface area contributed by atoms with Gasteiger partial charge in [0.1, 0.15) is 18.5 Å². The summed E-state index contributed by atoms with van der Waals surface area (Å²) in [5, 5.41) is 13.8. The normalized spacial score (nSPS) is 17.3. The minimum absolute atomic E-state index is 0. The first-order chi connectivity index (χ1) is 11.8. The molecule has 3 rings (SSSR count). The quantitative estimate of drug-likeness (QED) is 0.780. The van der Waals surface area contributed by atoms with Crippen LogP contribution in [0.15, 0.2) is 48.5 Å². The lowest BCUT2D eigenvalue weighted by molar-refractivity contribution is 0.102. The number of aryl methyl sites for hydroxylation is 2. The molecule has 25 heavy (non-hydrogen) atoms. The number of hydrogen-bond acceptors (Lipinski definition) is 3. The average Bonchev–Trinajstić information content (AvgIpc) is 2.64. The topological polar surface area (TPSA) is 41.5 Å². The van der Waals surface area contributed by atoms with Crippen LogP contribution in [0.1, 0.15) is 42.5 Å². The zero-order valence-electron chi connectivity index (χ0n) is 14.8. The molecule has 0 saturated carbocycles. The second-order valence-electron chi connectivity index (χ2n) is 6.48. The van der Waals surface area contributed by atoms with Gasteiger partial charge in [-0.25, -0.2) is 0 Å². The van der Waals surface area contributed by atoms with E-state index in [1.807, 2.05) is 18.2 Å². The summed E-state index contributed by atoms with van der Waals surface area (Å²) in [6.45, 7) is 2.98. The second-order valence-corrected chi connectivity index (χ2v) is 6.48. The average molecular weight is 362 g/mol. The van der Waals surface area contributed by atoms with Crippen LogP contribution in [0.3, 0.4) is 0 Å². The van der Waals surface area contributed by atoms with Gasteiger partial charge in [-0.3, -0.25) is 0 Å². The van der Waals surface area contributed by atoms with E-state index >= 15 is 0 Å². The van der Waals surface area contributed by atoms with E-state index in [-0.39, 0.29) is 12.4 Å². The maximum Gasteiger partial charge on any atom is 0.122 e. The van der Waals surface area contributed by atoms with Gasteiger partial charge in [0.05, 0.1) is 0 Å². The van der Waals surface area contributed by atoms with Crippen LogP contribution in [0.2, 0.25) is 0 Å². The van der Waals surface area contributed by atoms with Crippen LogP contribution < -0.4 is 10.1 Å². The molecule has 0 heterocycles. The highest BCUT2D eigenvalue weighted by Gasteiger charge is 2.20. The monoisotopic (exact) mass is 361 g/mol. The third-order valence-electron chi connectivity index (χ3n) is 4.75. The van der Waals surface area contributed by atoms with Gasteiger partial charge in [0.2, 0.25) is 0 Å². The Bertz CT molecular complexity index is 662. The van der Waals surface area contributed by atoms with Crippen molar-refractivity contribution in [1.29, 1.82) is 0 Å². The molecular formula is C21H28ClNO2. The van der Waals surface area contributed by atoms with Gasteiger partial charge in [0.15, 0.2) is 0 Å². The molecule has 0 radical (unpaired) electrons. The molecule has 0 aromatic heterocycles. The van der Waals surface area contributed by atoms with Gasteiger partial charge in [0, 0.05) is 12.6 Å². The molecule has 2 aromatic rings. The highest BCUT2D eigenvalue weighted by molar-refractivity contribution is 5.85. The van der Waals surface area contributed by atoms with E-state index in [1.165, 1.54) is 23.1 Å². The van der Waals surface area contributed by atoms with Crippen molar-refractivity contribution in [3.63, 3.8) is 0 Å². The first kappa shape index (κ1) is 19.8. The Morgan fingerprint density at radius 3 is 2.76 bits per heavy atom. The van der Waals surface area contributed by atoms with Gasteiger partial charge < -0.3 is 15.2 Å². The largest absolute Gasteiger partial charge is 0.491 e. The lowest BCUT2D eigenvalue weighted by Crippen LogP contribution is -2.35. The standard InChI is InChI=1S/C21H27NO2.ClH/c1-2-16-8-4-6-13-21(16)24-15-18(23)14-22-20-12-7-10-17-9-3-5-11-19(17)20;/h3-6,8-9,11,13,18,20,22-23H,2,7,10,12,14-15H2,1H3;1H/t18-,20?;/m0./s1. The summed E-state index contributed by atoms with van der Waals surface area (Å²) in [6.07, 6.45) is 3.91. The van der Waals surface area contributed by atoms with Crippen LogP contribution in [0.4, 0.5) is 0 Å². The molecule has 1 unspecified atom stereocenters. The van der Waals surface area contributed by atoms with Crippen molar-refractivity contribution in [2.45, 2.75) is 44.8 Å². The number of benzene rings is 2. The second kappa shape index (κ2) is 9.81. The lowest BCUT2D eigenvalue weighted by atomic mass is 9.88. The number of hydrogen-bond donors (Lipinski definition) is 2. The van der Waals surface area contributed by atoms with Gasteiger partial charge in [-0.2, -0.15) is 0 Å². The Hall–Kier alpha value is -1.55. The number of para-hydroxylation sites is 1.